The summed E-state index contributed by atoms with van der Waals surface area (Å²) in [5.74, 6) is -0.153. The number of carbonyl (C=O) groups is 1. The van der Waals surface area contributed by atoms with Crippen LogP contribution in [0.1, 0.15) is 45.1 Å². The number of hydrogen-bond acceptors (Lipinski definition) is 3. The SMILES string of the molecule is CCCCC(=O)Nn1c(=O)c(CCC)cc2cccnc21. The van der Waals surface area contributed by atoms with E-state index >= 15 is 0 Å². The Bertz CT molecular complexity index is 691. The highest BCUT2D eigenvalue weighted by Crippen LogP contribution is 2.11. The van der Waals surface area contributed by atoms with E-state index in [4.69, 9.17) is 0 Å². The van der Waals surface area contributed by atoms with Crippen LogP contribution in [0.2, 0.25) is 0 Å². The van der Waals surface area contributed by atoms with Gasteiger partial charge in [0.05, 0.1) is 0 Å². The fraction of sp³-hybridized carbons (Fsp3) is 0.438. The van der Waals surface area contributed by atoms with E-state index in [-0.39, 0.29) is 11.5 Å². The van der Waals surface area contributed by atoms with E-state index in [1.54, 1.807) is 6.20 Å². The van der Waals surface area contributed by atoms with Crippen LogP contribution in [0, 0.1) is 0 Å². The lowest BCUT2D eigenvalue weighted by Crippen LogP contribution is -2.35. The molecule has 0 aliphatic heterocycles. The number of unbranched alkanes of at least 4 members (excludes halogenated alkanes) is 1. The maximum Gasteiger partial charge on any atom is 0.274 e. The first-order chi connectivity index (χ1) is 10.2. The lowest BCUT2D eigenvalue weighted by Gasteiger charge is -2.12. The van der Waals surface area contributed by atoms with Gasteiger partial charge >= 0.3 is 0 Å². The van der Waals surface area contributed by atoms with Gasteiger partial charge in [0.2, 0.25) is 5.91 Å². The van der Waals surface area contributed by atoms with Gasteiger partial charge in [-0.25, -0.2) is 4.98 Å². The molecule has 5 heteroatoms. The third-order valence-corrected chi connectivity index (χ3v) is 3.35. The molecule has 0 aliphatic rings. The molecule has 2 rings (SSSR count). The summed E-state index contributed by atoms with van der Waals surface area (Å²) in [4.78, 5) is 28.7. The Morgan fingerprint density at radius 1 is 1.33 bits per heavy atom. The van der Waals surface area contributed by atoms with E-state index in [1.807, 2.05) is 32.0 Å². The molecule has 1 amide bonds. The summed E-state index contributed by atoms with van der Waals surface area (Å²) in [6.07, 6.45) is 5.35. The highest BCUT2D eigenvalue weighted by atomic mass is 16.2. The summed E-state index contributed by atoms with van der Waals surface area (Å²) in [7, 11) is 0. The molecule has 5 nitrogen and oxygen atoms in total. The van der Waals surface area contributed by atoms with Crippen LogP contribution in [0.5, 0.6) is 0 Å². The molecule has 0 aliphatic carbocycles. The molecule has 2 aromatic heterocycles. The van der Waals surface area contributed by atoms with Gasteiger partial charge in [0.1, 0.15) is 0 Å². The first-order valence-electron chi connectivity index (χ1n) is 7.46. The van der Waals surface area contributed by atoms with Crippen LogP contribution in [0.4, 0.5) is 0 Å². The summed E-state index contributed by atoms with van der Waals surface area (Å²) >= 11 is 0. The number of rotatable bonds is 6. The van der Waals surface area contributed by atoms with Crippen LogP contribution in [-0.2, 0) is 11.2 Å². The van der Waals surface area contributed by atoms with Gasteiger partial charge in [-0.1, -0.05) is 26.7 Å². The van der Waals surface area contributed by atoms with Crippen LogP contribution in [-0.4, -0.2) is 15.6 Å². The number of amides is 1. The molecule has 112 valence electrons. The van der Waals surface area contributed by atoms with E-state index in [2.05, 4.69) is 10.4 Å². The van der Waals surface area contributed by atoms with E-state index < -0.39 is 0 Å². The molecule has 0 radical (unpaired) electrons. The van der Waals surface area contributed by atoms with Gasteiger partial charge in [0, 0.05) is 23.6 Å². The standard InChI is InChI=1S/C16H21N3O2/c1-3-5-9-14(20)18-19-15-12(8-6-10-17-15)11-13(7-4-2)16(19)21/h6,8,10-11H,3-5,7,9H2,1-2H3,(H,18,20). The average Bonchev–Trinajstić information content (AvgIpc) is 2.49. The van der Waals surface area contributed by atoms with Gasteiger partial charge in [-0.15, -0.1) is 0 Å². The minimum atomic E-state index is -0.187. The predicted molar refractivity (Wildman–Crippen MR) is 83.9 cm³/mol. The molecule has 21 heavy (non-hydrogen) atoms. The monoisotopic (exact) mass is 287 g/mol. The summed E-state index contributed by atoms with van der Waals surface area (Å²) in [6, 6.07) is 5.59. The Morgan fingerprint density at radius 3 is 2.86 bits per heavy atom. The first-order valence-corrected chi connectivity index (χ1v) is 7.46. The van der Waals surface area contributed by atoms with Crippen LogP contribution in [0.3, 0.4) is 0 Å². The Hall–Kier alpha value is -2.17. The van der Waals surface area contributed by atoms with Crippen molar-refractivity contribution in [2.75, 3.05) is 5.43 Å². The maximum absolute atomic E-state index is 12.5. The van der Waals surface area contributed by atoms with Crippen molar-refractivity contribution in [2.24, 2.45) is 0 Å². The average molecular weight is 287 g/mol. The quantitative estimate of drug-likeness (QED) is 0.888. The van der Waals surface area contributed by atoms with Gasteiger partial charge in [-0.2, -0.15) is 4.68 Å². The molecular formula is C16H21N3O2. The Balaban J connectivity index is 2.46. The van der Waals surface area contributed by atoms with Gasteiger partial charge in [0.15, 0.2) is 5.65 Å². The number of carbonyl (C=O) groups excluding carboxylic acids is 1. The van der Waals surface area contributed by atoms with Gasteiger partial charge in [0.25, 0.3) is 5.56 Å². The van der Waals surface area contributed by atoms with Gasteiger partial charge < -0.3 is 0 Å². The molecule has 0 saturated carbocycles. The molecule has 1 N–H and O–H groups in total. The van der Waals surface area contributed by atoms with E-state index in [1.165, 1.54) is 4.68 Å². The zero-order chi connectivity index (χ0) is 15.2. The molecule has 2 aromatic rings. The molecule has 0 fully saturated rings. The van der Waals surface area contributed by atoms with Crippen molar-refractivity contribution >= 4 is 16.9 Å². The third kappa shape index (κ3) is 3.48. The molecule has 0 spiro atoms. The Kier molecular flexibility index (Phi) is 5.09. The zero-order valence-electron chi connectivity index (χ0n) is 12.6. The molecule has 0 saturated heterocycles. The van der Waals surface area contributed by atoms with Crippen LogP contribution < -0.4 is 11.0 Å². The van der Waals surface area contributed by atoms with Gasteiger partial charge in [-0.05, 0) is 31.0 Å². The van der Waals surface area contributed by atoms with Crippen LogP contribution >= 0.6 is 0 Å². The van der Waals surface area contributed by atoms with Crippen molar-refractivity contribution in [3.63, 3.8) is 0 Å². The van der Waals surface area contributed by atoms with Crippen molar-refractivity contribution in [3.8, 4) is 0 Å². The number of fused-ring (bicyclic) bond motifs is 1. The fourth-order valence-electron chi connectivity index (χ4n) is 2.27. The highest BCUT2D eigenvalue weighted by Gasteiger charge is 2.11. The zero-order valence-corrected chi connectivity index (χ0v) is 12.6. The lowest BCUT2D eigenvalue weighted by molar-refractivity contribution is -0.117. The van der Waals surface area contributed by atoms with E-state index in [9.17, 15) is 9.59 Å². The normalized spacial score (nSPS) is 10.8. The van der Waals surface area contributed by atoms with Crippen LogP contribution in [0.25, 0.3) is 11.0 Å². The second-order valence-electron chi connectivity index (χ2n) is 5.11. The molecule has 0 atom stereocenters. The van der Waals surface area contributed by atoms with Crippen molar-refractivity contribution in [1.29, 1.82) is 0 Å². The summed E-state index contributed by atoms with van der Waals surface area (Å²) < 4.78 is 1.29. The number of nitrogens with one attached hydrogen (secondary N) is 1. The fourth-order valence-corrected chi connectivity index (χ4v) is 2.27. The number of pyridine rings is 2. The first kappa shape index (κ1) is 15.2. The largest absolute Gasteiger partial charge is 0.274 e. The molecule has 0 unspecified atom stereocenters. The minimum absolute atomic E-state index is 0.153. The second-order valence-corrected chi connectivity index (χ2v) is 5.11. The smallest absolute Gasteiger partial charge is 0.273 e. The topological polar surface area (TPSA) is 64.0 Å². The van der Waals surface area contributed by atoms with Crippen molar-refractivity contribution in [2.45, 2.75) is 46.0 Å². The van der Waals surface area contributed by atoms with Gasteiger partial charge in [-0.3, -0.25) is 15.0 Å². The molecular weight excluding hydrogens is 266 g/mol. The lowest BCUT2D eigenvalue weighted by atomic mass is 10.1. The van der Waals surface area contributed by atoms with Crippen LogP contribution in [0.15, 0.2) is 29.2 Å². The van der Waals surface area contributed by atoms with Crippen molar-refractivity contribution in [3.05, 3.63) is 40.3 Å². The van der Waals surface area contributed by atoms with Crippen molar-refractivity contribution < 1.29 is 4.79 Å². The number of nitrogens with zero attached hydrogens (tertiary/aromatic N) is 2. The van der Waals surface area contributed by atoms with Crippen molar-refractivity contribution in [1.82, 2.24) is 9.66 Å². The third-order valence-electron chi connectivity index (χ3n) is 3.35. The number of hydrogen-bond donors (Lipinski definition) is 1. The minimum Gasteiger partial charge on any atom is -0.273 e. The Morgan fingerprint density at radius 2 is 2.14 bits per heavy atom. The van der Waals surface area contributed by atoms with E-state index in [0.29, 0.717) is 24.1 Å². The number of aromatic nitrogens is 2. The molecule has 0 bridgehead atoms. The predicted octanol–water partition coefficient (Wildman–Crippen LogP) is 2.61. The summed E-state index contributed by atoms with van der Waals surface area (Å²) in [6.45, 7) is 4.05. The molecule has 2 heterocycles. The number of aryl methyl sites for hydroxylation is 1. The maximum atomic E-state index is 12.5. The highest BCUT2D eigenvalue weighted by molar-refractivity contribution is 5.86. The Labute approximate surface area is 124 Å². The molecule has 0 aromatic carbocycles. The second kappa shape index (κ2) is 7.02. The summed E-state index contributed by atoms with van der Waals surface area (Å²) in [5.41, 5.74) is 3.70. The van der Waals surface area contributed by atoms with E-state index in [0.717, 1.165) is 24.6 Å². The summed E-state index contributed by atoms with van der Waals surface area (Å²) in [5, 5.41) is 0.858.